The Labute approximate surface area is 132 Å². The average Bonchev–Trinajstić information content (AvgIpc) is 2.35. The van der Waals surface area contributed by atoms with Crippen molar-refractivity contribution in [2.24, 2.45) is 5.92 Å². The van der Waals surface area contributed by atoms with E-state index in [0.29, 0.717) is 0 Å². The van der Waals surface area contributed by atoms with Crippen molar-refractivity contribution in [1.29, 1.82) is 0 Å². The van der Waals surface area contributed by atoms with Crippen LogP contribution < -0.4 is 0 Å². The minimum absolute atomic E-state index is 0.849. The van der Waals surface area contributed by atoms with Crippen molar-refractivity contribution < 1.29 is 0 Å². The van der Waals surface area contributed by atoms with Crippen molar-refractivity contribution in [2.75, 3.05) is 11.5 Å². The maximum Gasteiger partial charge on any atom is -0.00607 e. The second kappa shape index (κ2) is 13.2. The van der Waals surface area contributed by atoms with Crippen LogP contribution in [0, 0.1) is 5.92 Å². The molecule has 0 radical (unpaired) electrons. The number of allylic oxidation sites excluding steroid dienone is 2. The van der Waals surface area contributed by atoms with Crippen LogP contribution in [0.1, 0.15) is 64.7 Å². The molecular weight excluding hydrogens is 268 g/mol. The summed E-state index contributed by atoms with van der Waals surface area (Å²) in [5.74, 6) is 2.72. The Morgan fingerprint density at radius 3 is 1.79 bits per heavy atom. The van der Waals surface area contributed by atoms with Crippen LogP contribution in [0.25, 0.3) is 0 Å². The van der Waals surface area contributed by atoms with Gasteiger partial charge in [-0.2, -0.15) is 25.3 Å². The van der Waals surface area contributed by atoms with Crippen molar-refractivity contribution in [1.82, 2.24) is 0 Å². The molecule has 0 aromatic carbocycles. The first-order valence-corrected chi connectivity index (χ1v) is 8.91. The van der Waals surface area contributed by atoms with E-state index in [4.69, 9.17) is 0 Å². The molecule has 0 aliphatic carbocycles. The molecule has 1 atom stereocenters. The van der Waals surface area contributed by atoms with Crippen LogP contribution >= 0.6 is 25.3 Å². The fraction of sp³-hybridized carbons (Fsp3) is 0.765. The lowest BCUT2D eigenvalue weighted by molar-refractivity contribution is 0.450. The van der Waals surface area contributed by atoms with Gasteiger partial charge in [-0.3, -0.25) is 0 Å². The summed E-state index contributed by atoms with van der Waals surface area (Å²) in [4.78, 5) is 0. The molecule has 0 saturated carbocycles. The van der Waals surface area contributed by atoms with Crippen LogP contribution in [0.3, 0.4) is 0 Å². The molecular formula is C17H32S2. The molecule has 0 aromatic heterocycles. The van der Waals surface area contributed by atoms with E-state index in [1.807, 2.05) is 0 Å². The summed E-state index contributed by atoms with van der Waals surface area (Å²) in [6.45, 7) is 10.6. The van der Waals surface area contributed by atoms with Crippen LogP contribution in [-0.2, 0) is 0 Å². The molecule has 0 saturated heterocycles. The highest BCUT2D eigenvalue weighted by molar-refractivity contribution is 7.80. The predicted molar refractivity (Wildman–Crippen MR) is 96.7 cm³/mol. The van der Waals surface area contributed by atoms with Crippen LogP contribution in [0.5, 0.6) is 0 Å². The average molecular weight is 301 g/mol. The SMILES string of the molecule is C=C(CCS)CCCCC(C)CCCC(=C)CCS. The highest BCUT2D eigenvalue weighted by atomic mass is 32.1. The number of thiol groups is 2. The van der Waals surface area contributed by atoms with E-state index in [2.05, 4.69) is 45.3 Å². The minimum atomic E-state index is 0.849. The first-order valence-electron chi connectivity index (χ1n) is 7.65. The van der Waals surface area contributed by atoms with E-state index in [9.17, 15) is 0 Å². The lowest BCUT2D eigenvalue weighted by Crippen LogP contribution is -1.96. The van der Waals surface area contributed by atoms with Gasteiger partial charge >= 0.3 is 0 Å². The van der Waals surface area contributed by atoms with Gasteiger partial charge in [0.1, 0.15) is 0 Å². The number of unbranched alkanes of at least 4 members (excludes halogenated alkanes) is 1. The molecule has 112 valence electrons. The zero-order chi connectivity index (χ0) is 14.5. The van der Waals surface area contributed by atoms with Crippen molar-refractivity contribution in [3.63, 3.8) is 0 Å². The highest BCUT2D eigenvalue weighted by Crippen LogP contribution is 2.20. The van der Waals surface area contributed by atoms with Crippen molar-refractivity contribution in [3.05, 3.63) is 24.3 Å². The van der Waals surface area contributed by atoms with Crippen molar-refractivity contribution >= 4 is 25.3 Å². The Kier molecular flexibility index (Phi) is 13.3. The molecule has 0 N–H and O–H groups in total. The molecule has 0 aliphatic rings. The summed E-state index contributed by atoms with van der Waals surface area (Å²) < 4.78 is 0. The first-order chi connectivity index (χ1) is 9.10. The van der Waals surface area contributed by atoms with Crippen LogP contribution in [0.2, 0.25) is 0 Å². The Morgan fingerprint density at radius 2 is 1.26 bits per heavy atom. The monoisotopic (exact) mass is 300 g/mol. The van der Waals surface area contributed by atoms with Gasteiger partial charge in [-0.15, -0.1) is 0 Å². The molecule has 0 spiro atoms. The third kappa shape index (κ3) is 12.9. The summed E-state index contributed by atoms with van der Waals surface area (Å²) >= 11 is 8.47. The molecule has 1 unspecified atom stereocenters. The third-order valence-corrected chi connectivity index (χ3v) is 4.08. The van der Waals surface area contributed by atoms with Crippen LogP contribution in [0.15, 0.2) is 24.3 Å². The summed E-state index contributed by atoms with van der Waals surface area (Å²) in [6, 6.07) is 0. The first kappa shape index (κ1) is 19.2. The Bertz CT molecular complexity index is 246. The van der Waals surface area contributed by atoms with Gasteiger partial charge in [0.25, 0.3) is 0 Å². The normalized spacial score (nSPS) is 12.4. The Morgan fingerprint density at radius 1 is 0.789 bits per heavy atom. The van der Waals surface area contributed by atoms with Crippen LogP contribution in [-0.4, -0.2) is 11.5 Å². The lowest BCUT2D eigenvalue weighted by Gasteiger charge is -2.12. The Balaban J connectivity index is 3.41. The van der Waals surface area contributed by atoms with E-state index in [1.54, 1.807) is 0 Å². The van der Waals surface area contributed by atoms with Gasteiger partial charge < -0.3 is 0 Å². The molecule has 0 aliphatic heterocycles. The quantitative estimate of drug-likeness (QED) is 0.229. The molecule has 0 rings (SSSR count). The Hall–Kier alpha value is 0.180. The summed E-state index contributed by atoms with van der Waals surface area (Å²) in [7, 11) is 0. The third-order valence-electron chi connectivity index (χ3n) is 3.64. The topological polar surface area (TPSA) is 0 Å². The van der Waals surface area contributed by atoms with Crippen molar-refractivity contribution in [3.8, 4) is 0 Å². The van der Waals surface area contributed by atoms with Gasteiger partial charge in [0.15, 0.2) is 0 Å². The van der Waals surface area contributed by atoms with Crippen LogP contribution in [0.4, 0.5) is 0 Å². The number of hydrogen-bond donors (Lipinski definition) is 2. The second-order valence-corrected chi connectivity index (χ2v) is 6.58. The summed E-state index contributed by atoms with van der Waals surface area (Å²) in [5, 5.41) is 0. The van der Waals surface area contributed by atoms with Gasteiger partial charge in [-0.25, -0.2) is 0 Å². The number of rotatable bonds is 13. The largest absolute Gasteiger partial charge is 0.179 e. The summed E-state index contributed by atoms with van der Waals surface area (Å²) in [5.41, 5.74) is 2.73. The molecule has 0 heterocycles. The lowest BCUT2D eigenvalue weighted by atomic mass is 9.95. The van der Waals surface area contributed by atoms with Gasteiger partial charge in [-0.1, -0.05) is 50.5 Å². The van der Waals surface area contributed by atoms with Crippen molar-refractivity contribution in [2.45, 2.75) is 64.7 Å². The summed E-state index contributed by atoms with van der Waals surface area (Å²) in [6.07, 6.45) is 11.1. The fourth-order valence-corrected chi connectivity index (χ4v) is 2.91. The van der Waals surface area contributed by atoms with E-state index in [1.165, 1.54) is 56.1 Å². The highest BCUT2D eigenvalue weighted by Gasteiger charge is 2.03. The van der Waals surface area contributed by atoms with E-state index < -0.39 is 0 Å². The smallest absolute Gasteiger partial charge is 0.00607 e. The van der Waals surface area contributed by atoms with E-state index in [0.717, 1.165) is 30.3 Å². The molecule has 0 fully saturated rings. The van der Waals surface area contributed by atoms with Gasteiger partial charge in [0, 0.05) is 0 Å². The molecule has 2 heteroatoms. The maximum absolute atomic E-state index is 4.24. The molecule has 19 heavy (non-hydrogen) atoms. The van der Waals surface area contributed by atoms with Gasteiger partial charge in [0.05, 0.1) is 0 Å². The van der Waals surface area contributed by atoms with E-state index in [-0.39, 0.29) is 0 Å². The van der Waals surface area contributed by atoms with E-state index >= 15 is 0 Å². The zero-order valence-electron chi connectivity index (χ0n) is 12.7. The molecule has 0 aromatic rings. The second-order valence-electron chi connectivity index (χ2n) is 5.69. The minimum Gasteiger partial charge on any atom is -0.179 e. The zero-order valence-corrected chi connectivity index (χ0v) is 14.5. The standard InChI is InChI=1S/C17H32S2/c1-15(9-6-10-17(3)12-14-19)7-4-5-8-16(2)11-13-18/h15,18-19H,2-14H2,1H3. The fourth-order valence-electron chi connectivity index (χ4n) is 2.28. The molecule has 0 nitrogen and oxygen atoms in total. The van der Waals surface area contributed by atoms with Gasteiger partial charge in [-0.05, 0) is 55.9 Å². The molecule has 0 bridgehead atoms. The molecule has 0 amide bonds. The predicted octanol–water partition coefficient (Wildman–Crippen LogP) is 6.11. The van der Waals surface area contributed by atoms with Gasteiger partial charge in [0.2, 0.25) is 0 Å². The maximum atomic E-state index is 4.24. The number of hydrogen-bond acceptors (Lipinski definition) is 2.